The minimum absolute atomic E-state index is 0.0472. The van der Waals surface area contributed by atoms with Crippen molar-refractivity contribution in [2.75, 3.05) is 5.32 Å². The van der Waals surface area contributed by atoms with Gasteiger partial charge in [0, 0.05) is 12.1 Å². The lowest BCUT2D eigenvalue weighted by Crippen LogP contribution is -2.56. The number of aryl methyl sites for hydroxylation is 1. The van der Waals surface area contributed by atoms with Crippen LogP contribution in [0, 0.1) is 24.2 Å². The minimum atomic E-state index is -0.479. The van der Waals surface area contributed by atoms with Gasteiger partial charge in [0.1, 0.15) is 0 Å². The maximum atomic E-state index is 12.6. The van der Waals surface area contributed by atoms with Crippen LogP contribution in [0.1, 0.15) is 50.5 Å². The molecule has 1 aromatic carbocycles. The lowest BCUT2D eigenvalue weighted by molar-refractivity contribution is -0.167. The minimum Gasteiger partial charge on any atom is -0.390 e. The number of carbonyl (C=O) groups is 1. The number of carbonyl (C=O) groups excluding carboxylic acids is 1. The third-order valence-electron chi connectivity index (χ3n) is 6.11. The first-order valence-electron chi connectivity index (χ1n) is 8.53. The highest BCUT2D eigenvalue weighted by atomic mass is 16.3. The fourth-order valence-corrected chi connectivity index (χ4v) is 5.86. The highest BCUT2D eigenvalue weighted by Gasteiger charge is 2.57. The first kappa shape index (κ1) is 14.3. The van der Waals surface area contributed by atoms with E-state index in [1.54, 1.807) is 0 Å². The lowest BCUT2D eigenvalue weighted by Gasteiger charge is -2.60. The summed E-state index contributed by atoms with van der Waals surface area (Å²) in [4.78, 5) is 12.6. The normalized spacial score (nSPS) is 39.0. The van der Waals surface area contributed by atoms with Crippen LogP contribution < -0.4 is 5.32 Å². The van der Waals surface area contributed by atoms with Crippen LogP contribution in [-0.4, -0.2) is 16.6 Å². The van der Waals surface area contributed by atoms with Gasteiger partial charge in [0.25, 0.3) is 0 Å². The fraction of sp³-hybridized carbons (Fsp3) is 0.632. The number of aliphatic hydroxyl groups is 1. The number of benzene rings is 1. The molecule has 3 heteroatoms. The topological polar surface area (TPSA) is 49.3 Å². The third kappa shape index (κ3) is 2.45. The summed E-state index contributed by atoms with van der Waals surface area (Å²) >= 11 is 0. The molecule has 2 atom stereocenters. The summed E-state index contributed by atoms with van der Waals surface area (Å²) in [5.41, 5.74) is 1.58. The van der Waals surface area contributed by atoms with Gasteiger partial charge in [-0.05, 0) is 74.3 Å². The maximum Gasteiger partial charge on any atom is 0.224 e. The monoisotopic (exact) mass is 299 g/mol. The van der Waals surface area contributed by atoms with Gasteiger partial charge in [-0.15, -0.1) is 0 Å². The predicted molar refractivity (Wildman–Crippen MR) is 86.5 cm³/mol. The van der Waals surface area contributed by atoms with E-state index in [2.05, 4.69) is 5.32 Å². The Bertz CT molecular complexity index is 595. The Kier molecular flexibility index (Phi) is 3.12. The Balaban J connectivity index is 1.49. The standard InChI is InChI=1S/C19H25NO2/c1-13-4-2-3-5-16(13)20-17(21)11-18-7-14-6-15(8-18)10-19(22,9-14)12-18/h2-5,14-15,22H,6-12H2,1H3,(H,20,21). The number of nitrogens with one attached hydrogen (secondary N) is 1. The molecule has 4 saturated carbocycles. The van der Waals surface area contributed by atoms with Crippen LogP contribution >= 0.6 is 0 Å². The molecule has 4 bridgehead atoms. The first-order chi connectivity index (χ1) is 10.5. The van der Waals surface area contributed by atoms with E-state index in [0.717, 1.165) is 43.4 Å². The van der Waals surface area contributed by atoms with Crippen LogP contribution in [0.4, 0.5) is 5.69 Å². The molecular weight excluding hydrogens is 274 g/mol. The van der Waals surface area contributed by atoms with Crippen LogP contribution in [0.3, 0.4) is 0 Å². The quantitative estimate of drug-likeness (QED) is 0.895. The van der Waals surface area contributed by atoms with Gasteiger partial charge >= 0.3 is 0 Å². The Labute approximate surface area is 132 Å². The summed E-state index contributed by atoms with van der Waals surface area (Å²) in [7, 11) is 0. The SMILES string of the molecule is Cc1ccccc1NC(=O)CC12CC3CC(CC(O)(C3)C1)C2. The molecule has 1 amide bonds. The number of amides is 1. The van der Waals surface area contributed by atoms with E-state index in [4.69, 9.17) is 0 Å². The van der Waals surface area contributed by atoms with E-state index in [1.807, 2.05) is 31.2 Å². The Morgan fingerprint density at radius 2 is 1.91 bits per heavy atom. The largest absolute Gasteiger partial charge is 0.390 e. The van der Waals surface area contributed by atoms with E-state index < -0.39 is 5.60 Å². The van der Waals surface area contributed by atoms with Crippen molar-refractivity contribution in [3.05, 3.63) is 29.8 Å². The molecule has 3 nitrogen and oxygen atoms in total. The Morgan fingerprint density at radius 1 is 1.23 bits per heavy atom. The predicted octanol–water partition coefficient (Wildman–Crippen LogP) is 3.65. The number of hydrogen-bond acceptors (Lipinski definition) is 2. The number of para-hydroxylation sites is 1. The molecule has 1 aromatic rings. The molecule has 0 saturated heterocycles. The molecule has 0 radical (unpaired) electrons. The highest BCUT2D eigenvalue weighted by Crippen LogP contribution is 2.62. The van der Waals surface area contributed by atoms with Gasteiger partial charge in [-0.25, -0.2) is 0 Å². The van der Waals surface area contributed by atoms with Gasteiger partial charge < -0.3 is 10.4 Å². The summed E-state index contributed by atoms with van der Waals surface area (Å²) in [6.07, 6.45) is 6.85. The fourth-order valence-electron chi connectivity index (χ4n) is 5.86. The molecule has 5 rings (SSSR count). The second kappa shape index (κ2) is 4.82. The molecule has 22 heavy (non-hydrogen) atoms. The Hall–Kier alpha value is -1.35. The summed E-state index contributed by atoms with van der Waals surface area (Å²) in [6, 6.07) is 7.92. The average molecular weight is 299 g/mol. The van der Waals surface area contributed by atoms with Gasteiger partial charge in [-0.1, -0.05) is 18.2 Å². The van der Waals surface area contributed by atoms with Crippen LogP contribution in [0.25, 0.3) is 0 Å². The first-order valence-corrected chi connectivity index (χ1v) is 8.53. The van der Waals surface area contributed by atoms with Crippen molar-refractivity contribution in [3.8, 4) is 0 Å². The van der Waals surface area contributed by atoms with Crippen LogP contribution in [0.15, 0.2) is 24.3 Å². The summed E-state index contributed by atoms with van der Waals surface area (Å²) < 4.78 is 0. The van der Waals surface area contributed by atoms with Crippen molar-refractivity contribution in [3.63, 3.8) is 0 Å². The zero-order chi connectivity index (χ0) is 15.4. The number of rotatable bonds is 3. The van der Waals surface area contributed by atoms with Gasteiger partial charge in [-0.3, -0.25) is 4.79 Å². The van der Waals surface area contributed by atoms with Crippen molar-refractivity contribution in [2.24, 2.45) is 17.3 Å². The molecule has 118 valence electrons. The van der Waals surface area contributed by atoms with Crippen molar-refractivity contribution in [1.29, 1.82) is 0 Å². The smallest absolute Gasteiger partial charge is 0.224 e. The zero-order valence-electron chi connectivity index (χ0n) is 13.3. The molecule has 0 aromatic heterocycles. The van der Waals surface area contributed by atoms with Gasteiger partial charge in [0.15, 0.2) is 0 Å². The van der Waals surface area contributed by atoms with Crippen molar-refractivity contribution in [2.45, 2.75) is 57.5 Å². The Morgan fingerprint density at radius 3 is 2.55 bits per heavy atom. The van der Waals surface area contributed by atoms with E-state index >= 15 is 0 Å². The number of anilines is 1. The average Bonchev–Trinajstić information content (AvgIpc) is 2.37. The molecular formula is C19H25NO2. The highest BCUT2D eigenvalue weighted by molar-refractivity contribution is 5.91. The van der Waals surface area contributed by atoms with E-state index in [1.165, 1.54) is 6.42 Å². The third-order valence-corrected chi connectivity index (χ3v) is 6.11. The van der Waals surface area contributed by atoms with E-state index in [-0.39, 0.29) is 11.3 Å². The second-order valence-electron chi connectivity index (χ2n) is 8.23. The molecule has 0 aliphatic heterocycles. The summed E-state index contributed by atoms with van der Waals surface area (Å²) in [5.74, 6) is 1.38. The molecule has 4 aliphatic carbocycles. The van der Waals surface area contributed by atoms with E-state index in [9.17, 15) is 9.90 Å². The number of hydrogen-bond donors (Lipinski definition) is 2. The van der Waals surface area contributed by atoms with Crippen LogP contribution in [0.2, 0.25) is 0 Å². The summed E-state index contributed by atoms with van der Waals surface area (Å²) in [5, 5.41) is 13.9. The zero-order valence-corrected chi connectivity index (χ0v) is 13.3. The molecule has 4 aliphatic rings. The van der Waals surface area contributed by atoms with Gasteiger partial charge in [0.2, 0.25) is 5.91 Å². The van der Waals surface area contributed by atoms with Crippen molar-refractivity contribution in [1.82, 2.24) is 0 Å². The molecule has 2 N–H and O–H groups in total. The van der Waals surface area contributed by atoms with E-state index in [0.29, 0.717) is 18.3 Å². The lowest BCUT2D eigenvalue weighted by atomic mass is 9.47. The molecule has 0 heterocycles. The molecule has 4 fully saturated rings. The van der Waals surface area contributed by atoms with Gasteiger partial charge in [-0.2, -0.15) is 0 Å². The van der Waals surface area contributed by atoms with Crippen molar-refractivity contribution >= 4 is 11.6 Å². The summed E-state index contributed by atoms with van der Waals surface area (Å²) in [6.45, 7) is 2.02. The molecule has 2 unspecified atom stereocenters. The maximum absolute atomic E-state index is 12.6. The van der Waals surface area contributed by atoms with Crippen LogP contribution in [0.5, 0.6) is 0 Å². The molecule has 0 spiro atoms. The second-order valence-corrected chi connectivity index (χ2v) is 8.23. The van der Waals surface area contributed by atoms with Gasteiger partial charge in [0.05, 0.1) is 5.60 Å². The van der Waals surface area contributed by atoms with Crippen LogP contribution in [-0.2, 0) is 4.79 Å². The van der Waals surface area contributed by atoms with Crippen molar-refractivity contribution < 1.29 is 9.90 Å².